The fraction of sp³-hybridized carbons (Fsp3) is 0.350. The fourth-order valence-corrected chi connectivity index (χ4v) is 4.95. The highest BCUT2D eigenvalue weighted by Crippen LogP contribution is 2.42. The Kier molecular flexibility index (Phi) is 4.99. The van der Waals surface area contributed by atoms with Crippen LogP contribution in [0.2, 0.25) is 4.34 Å². The molecule has 0 aliphatic carbocycles. The van der Waals surface area contributed by atoms with E-state index in [1.165, 1.54) is 11.3 Å². The summed E-state index contributed by atoms with van der Waals surface area (Å²) in [5.74, 6) is -0.113. The molecule has 150 valence electrons. The van der Waals surface area contributed by atoms with Gasteiger partial charge in [0.25, 0.3) is 5.91 Å². The molecule has 1 fully saturated rings. The molecule has 1 saturated heterocycles. The highest BCUT2D eigenvalue weighted by molar-refractivity contribution is 7.19. The molecule has 2 aliphatic rings. The lowest BCUT2D eigenvalue weighted by Gasteiger charge is -2.15. The molecule has 9 heteroatoms. The van der Waals surface area contributed by atoms with Crippen LogP contribution in [0.1, 0.15) is 23.3 Å². The normalized spacial score (nSPS) is 18.5. The number of rotatable bonds is 5. The minimum atomic E-state index is -0.113. The first kappa shape index (κ1) is 18.6. The third-order valence-corrected chi connectivity index (χ3v) is 6.47. The van der Waals surface area contributed by atoms with Gasteiger partial charge in [0.05, 0.1) is 34.4 Å². The lowest BCUT2D eigenvalue weighted by Crippen LogP contribution is -2.35. The van der Waals surface area contributed by atoms with Crippen molar-refractivity contribution in [1.82, 2.24) is 20.1 Å². The highest BCUT2D eigenvalue weighted by Gasteiger charge is 2.29. The molecule has 0 saturated carbocycles. The molecular weight excluding hydrogens is 410 g/mol. The largest absolute Gasteiger partial charge is 0.381 e. The number of carbonyl (C=O) groups excluding carboxylic acids is 1. The van der Waals surface area contributed by atoms with E-state index in [4.69, 9.17) is 21.4 Å². The van der Waals surface area contributed by atoms with Crippen molar-refractivity contribution in [3.8, 4) is 21.7 Å². The number of fused-ring (bicyclic) bond motifs is 1. The van der Waals surface area contributed by atoms with E-state index in [-0.39, 0.29) is 12.0 Å². The standard InChI is InChI=1S/C20H20ClN5O2S/c21-16-4-3-15(29-16)17-18(25-26-8-7-23-20(27)19(17)26)13-5-6-22-11-14(13)24-10-12-2-1-9-28-12/h3-6,11-12,24H,1-2,7-10H2,(H,23,27)/t12-/m0/s1. The van der Waals surface area contributed by atoms with Crippen LogP contribution >= 0.6 is 22.9 Å². The first-order chi connectivity index (χ1) is 14.2. The highest BCUT2D eigenvalue weighted by atomic mass is 35.5. The number of aromatic nitrogens is 3. The number of thiophene rings is 1. The van der Waals surface area contributed by atoms with Crippen molar-refractivity contribution in [2.24, 2.45) is 0 Å². The third kappa shape index (κ3) is 3.52. The number of ether oxygens (including phenoxy) is 1. The van der Waals surface area contributed by atoms with Gasteiger partial charge in [-0.2, -0.15) is 5.10 Å². The summed E-state index contributed by atoms with van der Waals surface area (Å²) in [6, 6.07) is 5.72. The van der Waals surface area contributed by atoms with Gasteiger partial charge in [-0.25, -0.2) is 0 Å². The van der Waals surface area contributed by atoms with Gasteiger partial charge in [0.15, 0.2) is 0 Å². The zero-order valence-electron chi connectivity index (χ0n) is 15.7. The second-order valence-electron chi connectivity index (χ2n) is 7.09. The maximum absolute atomic E-state index is 12.7. The third-order valence-electron chi connectivity index (χ3n) is 5.22. The molecule has 5 rings (SSSR count). The molecule has 3 aromatic rings. The molecule has 0 radical (unpaired) electrons. The number of nitrogens with one attached hydrogen (secondary N) is 2. The molecule has 5 heterocycles. The number of anilines is 1. The smallest absolute Gasteiger partial charge is 0.270 e. The molecule has 1 amide bonds. The number of pyridine rings is 1. The lowest BCUT2D eigenvalue weighted by atomic mass is 10.0. The summed E-state index contributed by atoms with van der Waals surface area (Å²) >= 11 is 7.65. The van der Waals surface area contributed by atoms with E-state index in [1.54, 1.807) is 17.1 Å². The molecule has 2 N–H and O–H groups in total. The molecule has 0 aromatic carbocycles. The van der Waals surface area contributed by atoms with Gasteiger partial charge in [-0.05, 0) is 31.0 Å². The number of nitrogens with zero attached hydrogens (tertiary/aromatic N) is 3. The summed E-state index contributed by atoms with van der Waals surface area (Å²) in [6.07, 6.45) is 5.91. The summed E-state index contributed by atoms with van der Waals surface area (Å²) in [4.78, 5) is 17.9. The maximum Gasteiger partial charge on any atom is 0.270 e. The molecule has 7 nitrogen and oxygen atoms in total. The Bertz CT molecular complexity index is 1060. The van der Waals surface area contributed by atoms with E-state index < -0.39 is 0 Å². The predicted octanol–water partition coefficient (Wildman–Crippen LogP) is 3.66. The van der Waals surface area contributed by atoms with Gasteiger partial charge in [-0.3, -0.25) is 14.5 Å². The quantitative estimate of drug-likeness (QED) is 0.646. The lowest BCUT2D eigenvalue weighted by molar-refractivity contribution is 0.0925. The van der Waals surface area contributed by atoms with Gasteiger partial charge in [0.1, 0.15) is 11.4 Å². The molecule has 0 unspecified atom stereocenters. The maximum atomic E-state index is 12.7. The van der Waals surface area contributed by atoms with E-state index in [1.807, 2.05) is 18.2 Å². The van der Waals surface area contributed by atoms with Crippen LogP contribution in [0.5, 0.6) is 0 Å². The summed E-state index contributed by atoms with van der Waals surface area (Å²) in [6.45, 7) is 2.74. The first-order valence-electron chi connectivity index (χ1n) is 9.65. The number of amides is 1. The topological polar surface area (TPSA) is 81.1 Å². The average Bonchev–Trinajstić information content (AvgIpc) is 3.46. The zero-order chi connectivity index (χ0) is 19.8. The van der Waals surface area contributed by atoms with Gasteiger partial charge in [-0.15, -0.1) is 11.3 Å². The summed E-state index contributed by atoms with van der Waals surface area (Å²) < 4.78 is 8.20. The van der Waals surface area contributed by atoms with Crippen molar-refractivity contribution >= 4 is 34.5 Å². The monoisotopic (exact) mass is 429 g/mol. The minimum absolute atomic E-state index is 0.113. The summed E-state index contributed by atoms with van der Waals surface area (Å²) in [5.41, 5.74) is 3.93. The van der Waals surface area contributed by atoms with Gasteiger partial charge in [0, 0.05) is 36.3 Å². The zero-order valence-corrected chi connectivity index (χ0v) is 17.2. The Morgan fingerprint density at radius 3 is 3.10 bits per heavy atom. The van der Waals surface area contributed by atoms with E-state index in [0.29, 0.717) is 29.7 Å². The Labute approximate surface area is 177 Å². The van der Waals surface area contributed by atoms with Crippen LogP contribution < -0.4 is 10.6 Å². The van der Waals surface area contributed by atoms with Crippen molar-refractivity contribution in [3.05, 3.63) is 40.6 Å². The summed E-state index contributed by atoms with van der Waals surface area (Å²) in [5, 5.41) is 11.2. The van der Waals surface area contributed by atoms with Crippen LogP contribution in [0.25, 0.3) is 21.7 Å². The average molecular weight is 430 g/mol. The van der Waals surface area contributed by atoms with Crippen LogP contribution in [0.15, 0.2) is 30.6 Å². The molecular formula is C20H20ClN5O2S. The van der Waals surface area contributed by atoms with Crippen molar-refractivity contribution < 1.29 is 9.53 Å². The minimum Gasteiger partial charge on any atom is -0.381 e. The van der Waals surface area contributed by atoms with Crippen LogP contribution in [0.3, 0.4) is 0 Å². The Hall–Kier alpha value is -2.42. The second-order valence-corrected chi connectivity index (χ2v) is 8.81. The first-order valence-corrected chi connectivity index (χ1v) is 10.8. The van der Waals surface area contributed by atoms with Gasteiger partial charge < -0.3 is 15.4 Å². The molecule has 0 spiro atoms. The Morgan fingerprint density at radius 1 is 1.38 bits per heavy atom. The predicted molar refractivity (Wildman–Crippen MR) is 114 cm³/mol. The molecule has 3 aromatic heterocycles. The van der Waals surface area contributed by atoms with Crippen molar-refractivity contribution in [2.75, 3.05) is 25.0 Å². The second kappa shape index (κ2) is 7.78. The van der Waals surface area contributed by atoms with Crippen molar-refractivity contribution in [1.29, 1.82) is 0 Å². The van der Waals surface area contributed by atoms with Gasteiger partial charge in [0.2, 0.25) is 0 Å². The molecule has 0 bridgehead atoms. The van der Waals surface area contributed by atoms with Gasteiger partial charge >= 0.3 is 0 Å². The SMILES string of the molecule is O=C1NCCn2nc(-c3ccncc3NC[C@@H]3CCCO3)c(-c3ccc(Cl)s3)c21. The molecule has 1 atom stereocenters. The van der Waals surface area contributed by atoms with Gasteiger partial charge in [-0.1, -0.05) is 11.6 Å². The number of hydrogen-bond donors (Lipinski definition) is 2. The number of halogens is 1. The van der Waals surface area contributed by atoms with Crippen LogP contribution in [0.4, 0.5) is 5.69 Å². The van der Waals surface area contributed by atoms with E-state index in [0.717, 1.165) is 46.8 Å². The summed E-state index contributed by atoms with van der Waals surface area (Å²) in [7, 11) is 0. The Balaban J connectivity index is 1.60. The van der Waals surface area contributed by atoms with Crippen LogP contribution in [-0.2, 0) is 11.3 Å². The molecule has 29 heavy (non-hydrogen) atoms. The number of carbonyl (C=O) groups is 1. The van der Waals surface area contributed by atoms with E-state index in [9.17, 15) is 4.79 Å². The fourth-order valence-electron chi connectivity index (χ4n) is 3.86. The molecule has 2 aliphatic heterocycles. The Morgan fingerprint density at radius 2 is 2.31 bits per heavy atom. The van der Waals surface area contributed by atoms with Crippen LogP contribution in [-0.4, -0.2) is 46.5 Å². The van der Waals surface area contributed by atoms with Crippen molar-refractivity contribution in [3.63, 3.8) is 0 Å². The van der Waals surface area contributed by atoms with E-state index in [2.05, 4.69) is 15.6 Å². The number of hydrogen-bond acceptors (Lipinski definition) is 6. The van der Waals surface area contributed by atoms with E-state index >= 15 is 0 Å². The van der Waals surface area contributed by atoms with Crippen molar-refractivity contribution in [2.45, 2.75) is 25.5 Å². The van der Waals surface area contributed by atoms with Crippen LogP contribution in [0, 0.1) is 0 Å².